The fourth-order valence-electron chi connectivity index (χ4n) is 1.29. The van der Waals surface area contributed by atoms with E-state index in [1.165, 1.54) is 0 Å². The first-order chi connectivity index (χ1) is 5.13. The second-order valence-electron chi connectivity index (χ2n) is 3.10. The molecule has 0 heterocycles. The van der Waals surface area contributed by atoms with Gasteiger partial charge in [-0.15, -0.1) is 0 Å². The van der Waals surface area contributed by atoms with Crippen molar-refractivity contribution in [2.24, 2.45) is 0 Å². The standard InChI is InChI=1S/C9H19NO/c1-5-7-9(11)8(6-2)10(3)4/h8H,5-7H2,1-4H3. The lowest BCUT2D eigenvalue weighted by molar-refractivity contribution is -0.123. The van der Waals surface area contributed by atoms with Crippen LogP contribution in [0.4, 0.5) is 0 Å². The topological polar surface area (TPSA) is 20.3 Å². The zero-order chi connectivity index (χ0) is 8.85. The van der Waals surface area contributed by atoms with Gasteiger partial charge in [-0.3, -0.25) is 9.69 Å². The summed E-state index contributed by atoms with van der Waals surface area (Å²) in [6.45, 7) is 4.10. The van der Waals surface area contributed by atoms with E-state index in [0.717, 1.165) is 19.3 Å². The summed E-state index contributed by atoms with van der Waals surface area (Å²) in [7, 11) is 3.92. The van der Waals surface area contributed by atoms with Crippen LogP contribution in [0.2, 0.25) is 0 Å². The van der Waals surface area contributed by atoms with Crippen LogP contribution >= 0.6 is 0 Å². The quantitative estimate of drug-likeness (QED) is 0.605. The Morgan fingerprint density at radius 2 is 1.91 bits per heavy atom. The molecule has 2 heteroatoms. The first-order valence-corrected chi connectivity index (χ1v) is 4.32. The van der Waals surface area contributed by atoms with Crippen molar-refractivity contribution in [3.8, 4) is 0 Å². The normalized spacial score (nSPS) is 13.5. The summed E-state index contributed by atoms with van der Waals surface area (Å²) in [6, 6.07) is 0.134. The summed E-state index contributed by atoms with van der Waals surface area (Å²) in [4.78, 5) is 13.4. The van der Waals surface area contributed by atoms with Crippen molar-refractivity contribution in [2.45, 2.75) is 39.2 Å². The molecule has 0 fully saturated rings. The highest BCUT2D eigenvalue weighted by Crippen LogP contribution is 2.04. The van der Waals surface area contributed by atoms with Crippen LogP contribution in [-0.4, -0.2) is 30.8 Å². The van der Waals surface area contributed by atoms with Crippen molar-refractivity contribution in [1.29, 1.82) is 0 Å². The van der Waals surface area contributed by atoms with Gasteiger partial charge in [0, 0.05) is 6.42 Å². The maximum absolute atomic E-state index is 11.4. The fourth-order valence-corrected chi connectivity index (χ4v) is 1.29. The molecule has 11 heavy (non-hydrogen) atoms. The van der Waals surface area contributed by atoms with Gasteiger partial charge in [-0.25, -0.2) is 0 Å². The van der Waals surface area contributed by atoms with Gasteiger partial charge in [-0.05, 0) is 26.9 Å². The highest BCUT2D eigenvalue weighted by atomic mass is 16.1. The minimum Gasteiger partial charge on any atom is -0.300 e. The van der Waals surface area contributed by atoms with Gasteiger partial charge in [0.1, 0.15) is 5.78 Å². The zero-order valence-electron chi connectivity index (χ0n) is 8.05. The second kappa shape index (κ2) is 5.30. The fraction of sp³-hybridized carbons (Fsp3) is 0.889. The molecule has 0 aromatic rings. The summed E-state index contributed by atoms with van der Waals surface area (Å²) in [5, 5.41) is 0. The Morgan fingerprint density at radius 3 is 2.18 bits per heavy atom. The van der Waals surface area contributed by atoms with Gasteiger partial charge in [0.15, 0.2) is 0 Å². The Balaban J connectivity index is 3.92. The molecular formula is C9H19NO. The van der Waals surface area contributed by atoms with E-state index in [2.05, 4.69) is 6.92 Å². The predicted octanol–water partition coefficient (Wildman–Crippen LogP) is 1.70. The largest absolute Gasteiger partial charge is 0.300 e. The van der Waals surface area contributed by atoms with Gasteiger partial charge >= 0.3 is 0 Å². The van der Waals surface area contributed by atoms with E-state index < -0.39 is 0 Å². The molecule has 0 aliphatic carbocycles. The molecule has 66 valence electrons. The molecule has 0 saturated carbocycles. The molecule has 0 radical (unpaired) electrons. The molecule has 0 aromatic heterocycles. The third-order valence-electron chi connectivity index (χ3n) is 1.88. The number of hydrogen-bond donors (Lipinski definition) is 0. The van der Waals surface area contributed by atoms with Gasteiger partial charge < -0.3 is 0 Å². The van der Waals surface area contributed by atoms with E-state index in [1.54, 1.807) is 0 Å². The molecule has 0 N–H and O–H groups in total. The Morgan fingerprint density at radius 1 is 1.36 bits per heavy atom. The van der Waals surface area contributed by atoms with Gasteiger partial charge in [-0.2, -0.15) is 0 Å². The molecule has 0 spiro atoms. The Kier molecular flexibility index (Phi) is 5.12. The predicted molar refractivity (Wildman–Crippen MR) is 47.7 cm³/mol. The Labute approximate surface area is 69.6 Å². The van der Waals surface area contributed by atoms with Crippen LogP contribution in [0, 0.1) is 0 Å². The smallest absolute Gasteiger partial charge is 0.149 e. The minimum atomic E-state index is 0.134. The maximum Gasteiger partial charge on any atom is 0.149 e. The molecule has 0 amide bonds. The third kappa shape index (κ3) is 3.51. The number of carbonyl (C=O) groups is 1. The minimum absolute atomic E-state index is 0.134. The number of likely N-dealkylation sites (N-methyl/N-ethyl adjacent to an activating group) is 1. The second-order valence-corrected chi connectivity index (χ2v) is 3.10. The maximum atomic E-state index is 11.4. The van der Waals surface area contributed by atoms with Gasteiger partial charge in [0.25, 0.3) is 0 Å². The Hall–Kier alpha value is -0.370. The monoisotopic (exact) mass is 157 g/mol. The van der Waals surface area contributed by atoms with E-state index in [4.69, 9.17) is 0 Å². The summed E-state index contributed by atoms with van der Waals surface area (Å²) in [6.07, 6.45) is 2.60. The van der Waals surface area contributed by atoms with Crippen LogP contribution in [0.3, 0.4) is 0 Å². The lowest BCUT2D eigenvalue weighted by atomic mass is 10.1. The molecule has 0 bridgehead atoms. The molecular weight excluding hydrogens is 138 g/mol. The molecule has 0 rings (SSSR count). The van der Waals surface area contributed by atoms with Crippen molar-refractivity contribution >= 4 is 5.78 Å². The molecule has 1 unspecified atom stereocenters. The van der Waals surface area contributed by atoms with Crippen LogP contribution < -0.4 is 0 Å². The van der Waals surface area contributed by atoms with E-state index in [9.17, 15) is 4.79 Å². The number of hydrogen-bond acceptors (Lipinski definition) is 2. The summed E-state index contributed by atoms with van der Waals surface area (Å²) in [5.41, 5.74) is 0. The lowest BCUT2D eigenvalue weighted by Crippen LogP contribution is -2.34. The molecule has 0 saturated heterocycles. The average molecular weight is 157 g/mol. The number of nitrogens with zero attached hydrogens (tertiary/aromatic N) is 1. The van der Waals surface area contributed by atoms with Gasteiger partial charge in [-0.1, -0.05) is 13.8 Å². The van der Waals surface area contributed by atoms with Crippen molar-refractivity contribution < 1.29 is 4.79 Å². The third-order valence-corrected chi connectivity index (χ3v) is 1.88. The molecule has 0 aromatic carbocycles. The van der Waals surface area contributed by atoms with Crippen LogP contribution in [-0.2, 0) is 4.79 Å². The Bertz CT molecular complexity index is 121. The van der Waals surface area contributed by atoms with Crippen LogP contribution in [0.25, 0.3) is 0 Å². The number of Topliss-reactive ketones (excluding diaryl/α,β-unsaturated/α-hetero) is 1. The van der Waals surface area contributed by atoms with Crippen LogP contribution in [0.5, 0.6) is 0 Å². The van der Waals surface area contributed by atoms with Crippen molar-refractivity contribution in [2.75, 3.05) is 14.1 Å². The van der Waals surface area contributed by atoms with Crippen LogP contribution in [0.15, 0.2) is 0 Å². The number of carbonyl (C=O) groups excluding carboxylic acids is 1. The lowest BCUT2D eigenvalue weighted by Gasteiger charge is -2.20. The molecule has 0 aliphatic rings. The van der Waals surface area contributed by atoms with E-state index in [-0.39, 0.29) is 6.04 Å². The van der Waals surface area contributed by atoms with E-state index >= 15 is 0 Å². The average Bonchev–Trinajstić information content (AvgIpc) is 1.88. The number of rotatable bonds is 5. The van der Waals surface area contributed by atoms with Gasteiger partial charge in [0.2, 0.25) is 0 Å². The van der Waals surface area contributed by atoms with Gasteiger partial charge in [0.05, 0.1) is 6.04 Å². The molecule has 1 atom stereocenters. The number of ketones is 1. The van der Waals surface area contributed by atoms with Crippen molar-refractivity contribution in [1.82, 2.24) is 4.90 Å². The summed E-state index contributed by atoms with van der Waals surface area (Å²) in [5.74, 6) is 0.375. The first-order valence-electron chi connectivity index (χ1n) is 4.32. The van der Waals surface area contributed by atoms with Crippen molar-refractivity contribution in [3.05, 3.63) is 0 Å². The molecule has 2 nitrogen and oxygen atoms in total. The summed E-state index contributed by atoms with van der Waals surface area (Å²) < 4.78 is 0. The van der Waals surface area contributed by atoms with Crippen LogP contribution in [0.1, 0.15) is 33.1 Å². The highest BCUT2D eigenvalue weighted by Gasteiger charge is 2.16. The van der Waals surface area contributed by atoms with Crippen molar-refractivity contribution in [3.63, 3.8) is 0 Å². The first kappa shape index (κ1) is 10.6. The SMILES string of the molecule is CCCC(=O)C(CC)N(C)C. The zero-order valence-corrected chi connectivity index (χ0v) is 8.05. The van der Waals surface area contributed by atoms with E-state index in [0.29, 0.717) is 5.78 Å². The van der Waals surface area contributed by atoms with E-state index in [1.807, 2.05) is 25.9 Å². The molecule has 0 aliphatic heterocycles. The highest BCUT2D eigenvalue weighted by molar-refractivity contribution is 5.83. The summed E-state index contributed by atoms with van der Waals surface area (Å²) >= 11 is 0.